The molecule has 0 atom stereocenters. The molecule has 0 radical (unpaired) electrons. The normalized spacial score (nSPS) is 17.9. The number of aryl methyl sites for hydroxylation is 2. The lowest BCUT2D eigenvalue weighted by Gasteiger charge is -2.21. The zero-order chi connectivity index (χ0) is 11.5. The lowest BCUT2D eigenvalue weighted by molar-refractivity contribution is 0.1000. The summed E-state index contributed by atoms with van der Waals surface area (Å²) in [4.78, 5) is 0. The molecule has 0 saturated carbocycles. The van der Waals surface area contributed by atoms with Crippen LogP contribution in [0.2, 0.25) is 0 Å². The van der Waals surface area contributed by atoms with Crippen LogP contribution in [0.25, 0.3) is 0 Å². The largest absolute Gasteiger partial charge is 0.395 e. The summed E-state index contributed by atoms with van der Waals surface area (Å²) in [7, 11) is 0. The van der Waals surface area contributed by atoms with Crippen LogP contribution in [0.3, 0.4) is 0 Å². The highest BCUT2D eigenvalue weighted by Gasteiger charge is 2.20. The zero-order valence-corrected chi connectivity index (χ0v) is 10.7. The number of anilines is 1. The number of nitrogens with zero attached hydrogens (tertiary/aromatic N) is 2. The lowest BCUT2D eigenvalue weighted by atomic mass is 10.2. The van der Waals surface area contributed by atoms with Gasteiger partial charge < -0.3 is 10.5 Å². The average molecular weight is 241 g/mol. The van der Waals surface area contributed by atoms with Gasteiger partial charge in [-0.1, -0.05) is 0 Å². The van der Waals surface area contributed by atoms with E-state index in [-0.39, 0.29) is 0 Å². The van der Waals surface area contributed by atoms with Crippen LogP contribution >= 0.6 is 11.8 Å². The van der Waals surface area contributed by atoms with Crippen molar-refractivity contribution in [1.82, 2.24) is 9.78 Å². The van der Waals surface area contributed by atoms with Crippen LogP contribution in [0.1, 0.15) is 25.5 Å². The Balaban J connectivity index is 2.12. The van der Waals surface area contributed by atoms with Gasteiger partial charge in [-0.05, 0) is 26.7 Å². The van der Waals surface area contributed by atoms with E-state index in [1.807, 2.05) is 23.4 Å². The van der Waals surface area contributed by atoms with Gasteiger partial charge in [-0.15, -0.1) is 11.8 Å². The van der Waals surface area contributed by atoms with E-state index in [1.54, 1.807) is 0 Å². The molecule has 1 fully saturated rings. The van der Waals surface area contributed by atoms with Crippen molar-refractivity contribution in [3.63, 3.8) is 0 Å². The summed E-state index contributed by atoms with van der Waals surface area (Å²) in [6, 6.07) is 0. The van der Waals surface area contributed by atoms with Crippen molar-refractivity contribution < 1.29 is 4.74 Å². The molecule has 90 valence electrons. The van der Waals surface area contributed by atoms with Crippen LogP contribution < -0.4 is 5.73 Å². The number of ether oxygens (including phenoxy) is 1. The molecule has 0 unspecified atom stereocenters. The average Bonchev–Trinajstić information content (AvgIpc) is 2.58. The first-order chi connectivity index (χ1) is 7.72. The molecule has 2 rings (SSSR count). The van der Waals surface area contributed by atoms with E-state index >= 15 is 0 Å². The number of thioether (sulfide) groups is 1. The summed E-state index contributed by atoms with van der Waals surface area (Å²) in [6.07, 6.45) is 2.22. The number of nitrogen functional groups attached to an aromatic ring is 1. The van der Waals surface area contributed by atoms with Gasteiger partial charge in [0.05, 0.1) is 11.4 Å². The molecule has 1 aromatic heterocycles. The van der Waals surface area contributed by atoms with Crippen molar-refractivity contribution >= 4 is 17.4 Å². The van der Waals surface area contributed by atoms with E-state index in [0.29, 0.717) is 5.25 Å². The van der Waals surface area contributed by atoms with Crippen LogP contribution in [0, 0.1) is 6.92 Å². The Labute approximate surface area is 101 Å². The molecule has 1 aromatic rings. The van der Waals surface area contributed by atoms with Crippen LogP contribution in [-0.4, -0.2) is 28.2 Å². The van der Waals surface area contributed by atoms with E-state index in [2.05, 4.69) is 12.0 Å². The Kier molecular flexibility index (Phi) is 3.76. The Hall–Kier alpha value is -0.680. The molecule has 1 saturated heterocycles. The molecule has 0 aliphatic carbocycles. The molecule has 0 aromatic carbocycles. The predicted octanol–water partition coefficient (Wildman–Crippen LogP) is 2.06. The minimum Gasteiger partial charge on any atom is -0.395 e. The van der Waals surface area contributed by atoms with Crippen molar-refractivity contribution in [3.8, 4) is 0 Å². The van der Waals surface area contributed by atoms with Gasteiger partial charge in [-0.2, -0.15) is 5.10 Å². The smallest absolute Gasteiger partial charge is 0.118 e. The van der Waals surface area contributed by atoms with E-state index in [4.69, 9.17) is 10.5 Å². The van der Waals surface area contributed by atoms with Gasteiger partial charge in [-0.3, -0.25) is 4.68 Å². The summed E-state index contributed by atoms with van der Waals surface area (Å²) in [5, 5.41) is 6.19. The van der Waals surface area contributed by atoms with Gasteiger partial charge >= 0.3 is 0 Å². The maximum Gasteiger partial charge on any atom is 0.118 e. The third-order valence-electron chi connectivity index (χ3n) is 2.87. The number of hydrogen-bond donors (Lipinski definition) is 1. The van der Waals surface area contributed by atoms with Crippen molar-refractivity contribution in [2.24, 2.45) is 0 Å². The van der Waals surface area contributed by atoms with Crippen molar-refractivity contribution in [2.45, 2.75) is 43.5 Å². The van der Waals surface area contributed by atoms with Gasteiger partial charge in [0.1, 0.15) is 5.03 Å². The summed E-state index contributed by atoms with van der Waals surface area (Å²) in [6.45, 7) is 6.69. The Bertz CT molecular complexity index is 358. The molecule has 4 nitrogen and oxygen atoms in total. The molecule has 2 N–H and O–H groups in total. The molecule has 2 heterocycles. The van der Waals surface area contributed by atoms with Crippen LogP contribution in [-0.2, 0) is 11.3 Å². The second-order valence-electron chi connectivity index (χ2n) is 4.05. The molecule has 5 heteroatoms. The maximum absolute atomic E-state index is 6.06. The molecule has 1 aliphatic heterocycles. The van der Waals surface area contributed by atoms with E-state index in [0.717, 1.165) is 49.0 Å². The number of rotatable bonds is 3. The van der Waals surface area contributed by atoms with Crippen LogP contribution in [0.4, 0.5) is 5.69 Å². The zero-order valence-electron chi connectivity index (χ0n) is 9.90. The number of nitrogens with two attached hydrogens (primary N) is 1. The minimum atomic E-state index is 0.623. The Morgan fingerprint density at radius 1 is 1.50 bits per heavy atom. The molecular formula is C11H19N3OS. The highest BCUT2D eigenvalue weighted by atomic mass is 32.2. The van der Waals surface area contributed by atoms with Crippen molar-refractivity contribution in [1.29, 1.82) is 0 Å². The SMILES string of the molecule is CCn1nc(C)c(N)c1SC1CCOCC1. The van der Waals surface area contributed by atoms with Gasteiger partial charge in [0.25, 0.3) is 0 Å². The maximum atomic E-state index is 6.06. The van der Waals surface area contributed by atoms with Crippen LogP contribution in [0.5, 0.6) is 0 Å². The van der Waals surface area contributed by atoms with E-state index in [9.17, 15) is 0 Å². The highest BCUT2D eigenvalue weighted by molar-refractivity contribution is 8.00. The van der Waals surface area contributed by atoms with Gasteiger partial charge in [0.2, 0.25) is 0 Å². The first-order valence-corrected chi connectivity index (χ1v) is 6.67. The highest BCUT2D eigenvalue weighted by Crippen LogP contribution is 2.34. The van der Waals surface area contributed by atoms with Crippen molar-refractivity contribution in [3.05, 3.63) is 5.69 Å². The summed E-state index contributed by atoms with van der Waals surface area (Å²) in [5.41, 5.74) is 7.85. The van der Waals surface area contributed by atoms with Crippen LogP contribution in [0.15, 0.2) is 5.03 Å². The Morgan fingerprint density at radius 2 is 2.19 bits per heavy atom. The predicted molar refractivity (Wildman–Crippen MR) is 66.7 cm³/mol. The van der Waals surface area contributed by atoms with Gasteiger partial charge in [0.15, 0.2) is 0 Å². The molecule has 16 heavy (non-hydrogen) atoms. The summed E-state index contributed by atoms with van der Waals surface area (Å²) >= 11 is 1.86. The lowest BCUT2D eigenvalue weighted by Crippen LogP contribution is -2.18. The number of hydrogen-bond acceptors (Lipinski definition) is 4. The fourth-order valence-corrected chi connectivity index (χ4v) is 3.17. The van der Waals surface area contributed by atoms with E-state index in [1.165, 1.54) is 0 Å². The van der Waals surface area contributed by atoms with Gasteiger partial charge in [-0.25, -0.2) is 0 Å². The molecule has 0 amide bonds. The van der Waals surface area contributed by atoms with Crippen molar-refractivity contribution in [2.75, 3.05) is 18.9 Å². The minimum absolute atomic E-state index is 0.623. The quantitative estimate of drug-likeness (QED) is 0.880. The molecule has 0 bridgehead atoms. The summed E-state index contributed by atoms with van der Waals surface area (Å²) in [5.74, 6) is 0. The summed E-state index contributed by atoms with van der Waals surface area (Å²) < 4.78 is 7.37. The topological polar surface area (TPSA) is 53.1 Å². The Morgan fingerprint density at radius 3 is 2.81 bits per heavy atom. The first-order valence-electron chi connectivity index (χ1n) is 5.79. The monoisotopic (exact) mass is 241 g/mol. The molecular weight excluding hydrogens is 222 g/mol. The fourth-order valence-electron chi connectivity index (χ4n) is 1.86. The third kappa shape index (κ3) is 2.35. The molecule has 1 aliphatic rings. The second kappa shape index (κ2) is 5.10. The fraction of sp³-hybridized carbons (Fsp3) is 0.727. The second-order valence-corrected chi connectivity index (χ2v) is 5.34. The third-order valence-corrected chi connectivity index (χ3v) is 4.33. The van der Waals surface area contributed by atoms with Gasteiger partial charge in [0, 0.05) is 25.0 Å². The van der Waals surface area contributed by atoms with E-state index < -0.39 is 0 Å². The molecule has 0 spiro atoms. The standard InChI is InChI=1S/C11H19N3OS/c1-3-14-11(10(12)8(2)13-14)16-9-4-6-15-7-5-9/h9H,3-7,12H2,1-2H3. The number of aromatic nitrogens is 2. The first kappa shape index (κ1) is 11.8.